The number of aromatic nitrogens is 1. The largest absolute Gasteiger partial charge is 0.444 e. The van der Waals surface area contributed by atoms with Gasteiger partial charge in [0.15, 0.2) is 0 Å². The van der Waals surface area contributed by atoms with Crippen LogP contribution in [0.15, 0.2) is 53.7 Å². The Balaban J connectivity index is 1.61. The lowest BCUT2D eigenvalue weighted by atomic mass is 9.97. The summed E-state index contributed by atoms with van der Waals surface area (Å²) >= 11 is 0. The van der Waals surface area contributed by atoms with Gasteiger partial charge in [0.2, 0.25) is 0 Å². The number of piperidine rings is 1. The van der Waals surface area contributed by atoms with E-state index in [4.69, 9.17) is 4.74 Å². The van der Waals surface area contributed by atoms with Crippen molar-refractivity contribution in [3.63, 3.8) is 0 Å². The van der Waals surface area contributed by atoms with Gasteiger partial charge in [0.25, 0.3) is 15.9 Å². The Morgan fingerprint density at radius 2 is 1.79 bits per heavy atom. The molecule has 0 radical (unpaired) electrons. The molecule has 0 saturated carbocycles. The van der Waals surface area contributed by atoms with Crippen LogP contribution in [-0.4, -0.2) is 67.5 Å². The van der Waals surface area contributed by atoms with Crippen molar-refractivity contribution in [1.82, 2.24) is 14.8 Å². The third-order valence-corrected chi connectivity index (χ3v) is 6.78. The van der Waals surface area contributed by atoms with Crippen LogP contribution in [0.25, 0.3) is 0 Å². The first-order chi connectivity index (χ1) is 15.9. The van der Waals surface area contributed by atoms with Crippen molar-refractivity contribution >= 4 is 27.7 Å². The average molecular weight is 489 g/mol. The predicted molar refractivity (Wildman–Crippen MR) is 129 cm³/mol. The standard InChI is InChI=1S/C24H32N4O5S/c1-24(2,3)33-23(30)27(4)16-18-6-5-15-28(17-18)22(29)19-7-9-21(10-8-19)34(31,32)26-20-11-13-25-14-12-20/h7-14,18H,5-6,15-17H2,1-4H3,(H,25,26). The molecule has 1 fully saturated rings. The number of nitrogens with zero attached hydrogens (tertiary/aromatic N) is 3. The van der Waals surface area contributed by atoms with Crippen LogP contribution in [0.1, 0.15) is 44.0 Å². The highest BCUT2D eigenvalue weighted by atomic mass is 32.2. The van der Waals surface area contributed by atoms with Gasteiger partial charge < -0.3 is 14.5 Å². The molecule has 3 rings (SSSR count). The Morgan fingerprint density at radius 1 is 1.15 bits per heavy atom. The second kappa shape index (κ2) is 10.4. The first-order valence-corrected chi connectivity index (χ1v) is 12.7. The van der Waals surface area contributed by atoms with Gasteiger partial charge in [-0.2, -0.15) is 0 Å². The van der Waals surface area contributed by atoms with Gasteiger partial charge in [-0.25, -0.2) is 13.2 Å². The number of likely N-dealkylation sites (tertiary alicyclic amines) is 1. The number of amides is 2. The summed E-state index contributed by atoms with van der Waals surface area (Å²) in [6.07, 6.45) is 4.36. The summed E-state index contributed by atoms with van der Waals surface area (Å²) in [5.41, 5.74) is 0.266. The third-order valence-electron chi connectivity index (χ3n) is 5.39. The van der Waals surface area contributed by atoms with E-state index in [0.717, 1.165) is 12.8 Å². The molecular weight excluding hydrogens is 456 g/mol. The van der Waals surface area contributed by atoms with Gasteiger partial charge in [-0.3, -0.25) is 14.5 Å². The summed E-state index contributed by atoms with van der Waals surface area (Å²) in [6, 6.07) is 9.02. The molecule has 2 heterocycles. The fourth-order valence-electron chi connectivity index (χ4n) is 3.79. The fraction of sp³-hybridized carbons (Fsp3) is 0.458. The zero-order valence-corrected chi connectivity index (χ0v) is 20.8. The average Bonchev–Trinajstić information content (AvgIpc) is 2.78. The van der Waals surface area contributed by atoms with Crippen molar-refractivity contribution in [3.05, 3.63) is 54.4 Å². The Hall–Kier alpha value is -3.14. The minimum Gasteiger partial charge on any atom is -0.444 e. The quantitative estimate of drug-likeness (QED) is 0.665. The molecule has 1 saturated heterocycles. The number of hydrogen-bond donors (Lipinski definition) is 1. The van der Waals surface area contributed by atoms with E-state index in [1.807, 2.05) is 20.8 Å². The van der Waals surface area contributed by atoms with Crippen molar-refractivity contribution in [3.8, 4) is 0 Å². The second-order valence-electron chi connectivity index (χ2n) is 9.49. The molecule has 1 aliphatic heterocycles. The van der Waals surface area contributed by atoms with E-state index >= 15 is 0 Å². The molecular formula is C24H32N4O5S. The van der Waals surface area contributed by atoms with Gasteiger partial charge in [-0.05, 0) is 75.9 Å². The van der Waals surface area contributed by atoms with Crippen LogP contribution < -0.4 is 4.72 Å². The molecule has 0 bridgehead atoms. The lowest BCUT2D eigenvalue weighted by Crippen LogP contribution is -2.45. The molecule has 0 aliphatic carbocycles. The van der Waals surface area contributed by atoms with Crippen molar-refractivity contribution in [2.45, 2.75) is 44.1 Å². The van der Waals surface area contributed by atoms with Gasteiger partial charge in [0.1, 0.15) is 5.60 Å². The molecule has 1 aromatic heterocycles. The van der Waals surface area contributed by atoms with Crippen LogP contribution in [0, 0.1) is 5.92 Å². The Bertz CT molecular complexity index is 1100. The maximum atomic E-state index is 13.1. The van der Waals surface area contributed by atoms with Gasteiger partial charge in [0.05, 0.1) is 10.6 Å². The van der Waals surface area contributed by atoms with Crippen molar-refractivity contribution < 1.29 is 22.7 Å². The predicted octanol–water partition coefficient (Wildman–Crippen LogP) is 3.60. The maximum Gasteiger partial charge on any atom is 0.410 e. The highest BCUT2D eigenvalue weighted by molar-refractivity contribution is 7.92. The number of carbonyl (C=O) groups is 2. The molecule has 184 valence electrons. The smallest absolute Gasteiger partial charge is 0.410 e. The first kappa shape index (κ1) is 25.5. The number of hydrogen-bond acceptors (Lipinski definition) is 6. The lowest BCUT2D eigenvalue weighted by Gasteiger charge is -2.35. The first-order valence-electron chi connectivity index (χ1n) is 11.2. The summed E-state index contributed by atoms with van der Waals surface area (Å²) in [6.45, 7) is 7.11. The number of pyridine rings is 1. The van der Waals surface area contributed by atoms with Crippen molar-refractivity contribution in [1.29, 1.82) is 0 Å². The molecule has 2 amide bonds. The maximum absolute atomic E-state index is 13.1. The number of nitrogens with one attached hydrogen (secondary N) is 1. The lowest BCUT2D eigenvalue weighted by molar-refractivity contribution is 0.0244. The molecule has 10 heteroatoms. The van der Waals surface area contributed by atoms with Crippen LogP contribution in [0.5, 0.6) is 0 Å². The second-order valence-corrected chi connectivity index (χ2v) is 11.2. The monoisotopic (exact) mass is 488 g/mol. The van der Waals surface area contributed by atoms with E-state index in [2.05, 4.69) is 9.71 Å². The molecule has 9 nitrogen and oxygen atoms in total. The summed E-state index contributed by atoms with van der Waals surface area (Å²) < 4.78 is 33.1. The summed E-state index contributed by atoms with van der Waals surface area (Å²) in [7, 11) is -2.07. The van der Waals surface area contributed by atoms with E-state index < -0.39 is 15.6 Å². The van der Waals surface area contributed by atoms with Crippen LogP contribution in [0.2, 0.25) is 0 Å². The van der Waals surface area contributed by atoms with E-state index in [0.29, 0.717) is 30.9 Å². The topological polar surface area (TPSA) is 109 Å². The zero-order chi connectivity index (χ0) is 24.9. The summed E-state index contributed by atoms with van der Waals surface area (Å²) in [5, 5.41) is 0. The minimum atomic E-state index is -3.78. The number of ether oxygens (including phenoxy) is 1. The van der Waals surface area contributed by atoms with Crippen LogP contribution in [-0.2, 0) is 14.8 Å². The van der Waals surface area contributed by atoms with E-state index in [9.17, 15) is 18.0 Å². The minimum absolute atomic E-state index is 0.0661. The molecule has 1 aliphatic rings. The Kier molecular flexibility index (Phi) is 7.81. The molecule has 0 spiro atoms. The van der Waals surface area contributed by atoms with Crippen LogP contribution in [0.3, 0.4) is 0 Å². The summed E-state index contributed by atoms with van der Waals surface area (Å²) in [4.78, 5) is 32.6. The van der Waals surface area contributed by atoms with Crippen molar-refractivity contribution in [2.24, 2.45) is 5.92 Å². The highest BCUT2D eigenvalue weighted by Gasteiger charge is 2.28. The number of sulfonamides is 1. The van der Waals surface area contributed by atoms with Crippen molar-refractivity contribution in [2.75, 3.05) is 31.4 Å². The number of rotatable bonds is 6. The molecule has 2 aromatic rings. The molecule has 1 aromatic carbocycles. The Labute approximate surface area is 201 Å². The number of anilines is 1. The number of benzene rings is 1. The van der Waals surface area contributed by atoms with Gasteiger partial charge >= 0.3 is 6.09 Å². The fourth-order valence-corrected chi connectivity index (χ4v) is 4.85. The molecule has 1 unspecified atom stereocenters. The van der Waals surface area contributed by atoms with Crippen LogP contribution >= 0.6 is 0 Å². The van der Waals surface area contributed by atoms with E-state index in [1.54, 1.807) is 29.0 Å². The van der Waals surface area contributed by atoms with Gasteiger partial charge in [-0.1, -0.05) is 0 Å². The van der Waals surface area contributed by atoms with E-state index in [-0.39, 0.29) is 22.8 Å². The molecule has 1 N–H and O–H groups in total. The molecule has 1 atom stereocenters. The highest BCUT2D eigenvalue weighted by Crippen LogP contribution is 2.22. The van der Waals surface area contributed by atoms with Gasteiger partial charge in [-0.15, -0.1) is 0 Å². The van der Waals surface area contributed by atoms with E-state index in [1.165, 1.54) is 36.7 Å². The SMILES string of the molecule is CN(CC1CCCN(C(=O)c2ccc(S(=O)(=O)Nc3ccncc3)cc2)C1)C(=O)OC(C)(C)C. The van der Waals surface area contributed by atoms with Crippen LogP contribution in [0.4, 0.5) is 10.5 Å². The summed E-state index contributed by atoms with van der Waals surface area (Å²) in [5.74, 6) is -0.0184. The Morgan fingerprint density at radius 3 is 2.41 bits per heavy atom. The normalized spacial score (nSPS) is 16.6. The zero-order valence-electron chi connectivity index (χ0n) is 20.0. The third kappa shape index (κ3) is 6.93. The van der Waals surface area contributed by atoms with Gasteiger partial charge in [0, 0.05) is 44.6 Å². The molecule has 34 heavy (non-hydrogen) atoms. The number of carbonyl (C=O) groups excluding carboxylic acids is 2.